The Morgan fingerprint density at radius 1 is 0.667 bits per heavy atom. The Hall–Kier alpha value is -2.72. The van der Waals surface area contributed by atoms with E-state index < -0.39 is 14.2 Å². The summed E-state index contributed by atoms with van der Waals surface area (Å²) < 4.78 is 24.1. The van der Waals surface area contributed by atoms with Gasteiger partial charge in [0.2, 0.25) is 0 Å². The highest BCUT2D eigenvalue weighted by Gasteiger charge is 2.46. The predicted octanol–water partition coefficient (Wildman–Crippen LogP) is 4.88. The molecule has 0 amide bonds. The lowest BCUT2D eigenvalue weighted by molar-refractivity contribution is 0.459. The van der Waals surface area contributed by atoms with Gasteiger partial charge in [0.05, 0.1) is 0 Å². The van der Waals surface area contributed by atoms with E-state index in [-0.39, 0.29) is 5.82 Å². The van der Waals surface area contributed by atoms with Crippen molar-refractivity contribution in [3.63, 3.8) is 0 Å². The monoisotopic (exact) mass is 376 g/mol. The first-order chi connectivity index (χ1) is 13.3. The highest BCUT2D eigenvalue weighted by atomic mass is 35.5. The maximum Gasteiger partial charge on any atom is 0.602 e. The fourth-order valence-electron chi connectivity index (χ4n) is 3.45. The van der Waals surface area contributed by atoms with Crippen LogP contribution < -0.4 is 18.6 Å². The second-order valence-electron chi connectivity index (χ2n) is 6.56. The van der Waals surface area contributed by atoms with E-state index in [9.17, 15) is 0 Å². The van der Waals surface area contributed by atoms with Crippen LogP contribution in [0.4, 0.5) is 0 Å². The second kappa shape index (κ2) is 6.78. The molecule has 1 unspecified atom stereocenters. The molecule has 1 atom stereocenters. The molecular formula is C20H15B2ClO4. The van der Waals surface area contributed by atoms with Crippen molar-refractivity contribution in [2.45, 2.75) is 12.1 Å². The van der Waals surface area contributed by atoms with Crippen LogP contribution in [0.3, 0.4) is 0 Å². The molecule has 3 aromatic carbocycles. The number of halogens is 1. The van der Waals surface area contributed by atoms with Crippen molar-refractivity contribution in [1.82, 2.24) is 0 Å². The van der Waals surface area contributed by atoms with E-state index >= 15 is 0 Å². The molecule has 0 bridgehead atoms. The molecule has 0 fully saturated rings. The first-order valence-corrected chi connectivity index (χ1v) is 9.24. The molecule has 2 aliphatic heterocycles. The lowest BCUT2D eigenvalue weighted by Gasteiger charge is -2.19. The number of fused-ring (bicyclic) bond motifs is 2. The Bertz CT molecular complexity index is 916. The van der Waals surface area contributed by atoms with Crippen LogP contribution in [0.25, 0.3) is 0 Å². The zero-order chi connectivity index (χ0) is 18.2. The number of hydrogen-bond donors (Lipinski definition) is 0. The van der Waals surface area contributed by atoms with Gasteiger partial charge in [0.25, 0.3) is 0 Å². The number of benzene rings is 3. The normalized spacial score (nSPS) is 15.1. The molecule has 2 heterocycles. The van der Waals surface area contributed by atoms with E-state index in [2.05, 4.69) is 0 Å². The van der Waals surface area contributed by atoms with Gasteiger partial charge in [-0.15, -0.1) is 0 Å². The van der Waals surface area contributed by atoms with E-state index in [0.29, 0.717) is 11.3 Å². The van der Waals surface area contributed by atoms with Gasteiger partial charge in [-0.1, -0.05) is 48.0 Å². The lowest BCUT2D eigenvalue weighted by Crippen LogP contribution is -2.38. The summed E-state index contributed by atoms with van der Waals surface area (Å²) in [5, 5.41) is 0.690. The second-order valence-corrected chi connectivity index (χ2v) is 6.99. The maximum atomic E-state index is 6.07. The van der Waals surface area contributed by atoms with Gasteiger partial charge >= 0.3 is 14.2 Å². The van der Waals surface area contributed by atoms with E-state index in [4.69, 9.17) is 30.2 Å². The van der Waals surface area contributed by atoms with Crippen molar-refractivity contribution in [3.05, 3.63) is 83.4 Å². The van der Waals surface area contributed by atoms with Crippen LogP contribution in [0.5, 0.6) is 23.0 Å². The minimum Gasteiger partial charge on any atom is -0.523 e. The largest absolute Gasteiger partial charge is 0.602 e. The molecule has 7 heteroatoms. The van der Waals surface area contributed by atoms with Gasteiger partial charge in [-0.25, -0.2) is 0 Å². The SMILES string of the molecule is Clc1ccc(C(CB2Oc3ccccc3O2)B2Oc3ccccc3O2)cc1. The average Bonchev–Trinajstić information content (AvgIpc) is 3.30. The van der Waals surface area contributed by atoms with Gasteiger partial charge in [-0.2, -0.15) is 0 Å². The molecule has 0 radical (unpaired) electrons. The molecule has 0 spiro atoms. The third kappa shape index (κ3) is 3.21. The fraction of sp³-hybridized carbons (Fsp3) is 0.100. The first-order valence-electron chi connectivity index (χ1n) is 8.86. The van der Waals surface area contributed by atoms with Crippen LogP contribution in [-0.4, -0.2) is 14.2 Å². The summed E-state index contributed by atoms with van der Waals surface area (Å²) in [5.74, 6) is 2.92. The summed E-state index contributed by atoms with van der Waals surface area (Å²) in [5.41, 5.74) is 1.06. The van der Waals surface area contributed by atoms with Crippen molar-refractivity contribution < 1.29 is 18.6 Å². The molecule has 4 nitrogen and oxygen atoms in total. The predicted molar refractivity (Wildman–Crippen MR) is 106 cm³/mol. The lowest BCUT2D eigenvalue weighted by atomic mass is 9.58. The number of para-hydroxylation sites is 4. The molecule has 0 saturated heterocycles. The van der Waals surface area contributed by atoms with Crippen LogP contribution in [-0.2, 0) is 0 Å². The van der Waals surface area contributed by atoms with Crippen molar-refractivity contribution >= 4 is 25.8 Å². The van der Waals surface area contributed by atoms with E-state index in [0.717, 1.165) is 28.6 Å². The highest BCUT2D eigenvalue weighted by molar-refractivity contribution is 6.55. The van der Waals surface area contributed by atoms with Crippen molar-refractivity contribution in [2.75, 3.05) is 0 Å². The van der Waals surface area contributed by atoms with Crippen LogP contribution in [0.15, 0.2) is 72.8 Å². The third-order valence-corrected chi connectivity index (χ3v) is 5.03. The molecule has 27 heavy (non-hydrogen) atoms. The quantitative estimate of drug-likeness (QED) is 0.608. The molecule has 132 valence electrons. The summed E-state index contributed by atoms with van der Waals surface area (Å²) in [6, 6.07) is 23.1. The zero-order valence-electron chi connectivity index (χ0n) is 14.4. The van der Waals surface area contributed by atoms with Crippen molar-refractivity contribution in [3.8, 4) is 23.0 Å². The molecular weight excluding hydrogens is 361 g/mol. The van der Waals surface area contributed by atoms with Gasteiger partial charge in [0.1, 0.15) is 23.0 Å². The molecule has 0 aromatic heterocycles. The topological polar surface area (TPSA) is 36.9 Å². The summed E-state index contributed by atoms with van der Waals surface area (Å²) in [6.07, 6.45) is 0.578. The highest BCUT2D eigenvalue weighted by Crippen LogP contribution is 2.41. The Morgan fingerprint density at radius 2 is 1.15 bits per heavy atom. The average molecular weight is 376 g/mol. The maximum absolute atomic E-state index is 6.07. The number of rotatable bonds is 4. The molecule has 0 aliphatic carbocycles. The smallest absolute Gasteiger partial charge is 0.523 e. The minimum atomic E-state index is -0.459. The van der Waals surface area contributed by atoms with Crippen molar-refractivity contribution in [2.24, 2.45) is 0 Å². The Morgan fingerprint density at radius 3 is 1.67 bits per heavy atom. The van der Waals surface area contributed by atoms with Crippen molar-refractivity contribution in [1.29, 1.82) is 0 Å². The van der Waals surface area contributed by atoms with Gasteiger partial charge < -0.3 is 18.6 Å². The third-order valence-electron chi connectivity index (χ3n) is 4.77. The summed E-state index contributed by atoms with van der Waals surface area (Å²) in [6.45, 7) is 0. The Kier molecular flexibility index (Phi) is 4.13. The van der Waals surface area contributed by atoms with E-state index in [1.54, 1.807) is 0 Å². The van der Waals surface area contributed by atoms with Gasteiger partial charge in [-0.05, 0) is 42.0 Å². The van der Waals surface area contributed by atoms with E-state index in [1.165, 1.54) is 0 Å². The van der Waals surface area contributed by atoms with E-state index in [1.807, 2.05) is 72.8 Å². The van der Waals surface area contributed by atoms with Crippen LogP contribution in [0, 0.1) is 0 Å². The zero-order valence-corrected chi connectivity index (χ0v) is 15.1. The molecule has 3 aromatic rings. The number of hydrogen-bond acceptors (Lipinski definition) is 4. The summed E-state index contributed by atoms with van der Waals surface area (Å²) in [4.78, 5) is 0. The minimum absolute atomic E-state index is 0.0889. The first kappa shape index (κ1) is 16.5. The molecule has 0 N–H and O–H groups in total. The molecule has 0 saturated carbocycles. The molecule has 2 aliphatic rings. The van der Waals surface area contributed by atoms with Gasteiger partial charge in [-0.3, -0.25) is 0 Å². The summed E-state index contributed by atoms with van der Waals surface area (Å²) >= 11 is 6.07. The molecule has 5 rings (SSSR count). The van der Waals surface area contributed by atoms with Gasteiger partial charge in [0.15, 0.2) is 0 Å². The van der Waals surface area contributed by atoms with Gasteiger partial charge in [0, 0.05) is 17.2 Å². The Balaban J connectivity index is 1.41. The standard InChI is InChI=1S/C20H15B2ClO4/c23-15-11-9-14(10-12-15)16(22-26-19-7-3-4-8-20(19)27-22)13-21-24-17-5-1-2-6-18(17)25-21/h1-12,16H,13H2. The van der Waals surface area contributed by atoms with Crippen LogP contribution >= 0.6 is 11.6 Å². The summed E-state index contributed by atoms with van der Waals surface area (Å²) in [7, 11) is -0.863. The van der Waals surface area contributed by atoms with Crippen LogP contribution in [0.2, 0.25) is 11.3 Å². The van der Waals surface area contributed by atoms with Crippen LogP contribution in [0.1, 0.15) is 11.4 Å². The fourth-order valence-corrected chi connectivity index (χ4v) is 3.58. The Labute approximate surface area is 163 Å².